The van der Waals surface area contributed by atoms with Crippen molar-refractivity contribution in [3.05, 3.63) is 0 Å². The lowest BCUT2D eigenvalue weighted by atomic mass is 9.97. The summed E-state index contributed by atoms with van der Waals surface area (Å²) in [7, 11) is 0. The summed E-state index contributed by atoms with van der Waals surface area (Å²) in [6.45, 7) is 7.21. The number of carbonyl (C=O) groups excluding carboxylic acids is 1. The van der Waals surface area contributed by atoms with E-state index in [1.54, 1.807) is 0 Å². The van der Waals surface area contributed by atoms with Crippen LogP contribution in [0.2, 0.25) is 0 Å². The number of ether oxygens (including phenoxy) is 1. The highest BCUT2D eigenvalue weighted by molar-refractivity contribution is 5.75. The van der Waals surface area contributed by atoms with Crippen LogP contribution in [0.25, 0.3) is 0 Å². The molecule has 3 nitrogen and oxygen atoms in total. The van der Waals surface area contributed by atoms with Crippen LogP contribution in [0.1, 0.15) is 40.0 Å². The predicted octanol–water partition coefficient (Wildman–Crippen LogP) is 1.72. The second kappa shape index (κ2) is 4.78. The van der Waals surface area contributed by atoms with E-state index in [2.05, 4.69) is 5.32 Å². The molecule has 1 heterocycles. The maximum Gasteiger partial charge on any atom is 0.311 e. The van der Waals surface area contributed by atoms with Gasteiger partial charge in [0.1, 0.15) is 6.61 Å². The third kappa shape index (κ3) is 3.66. The Morgan fingerprint density at radius 1 is 1.43 bits per heavy atom. The lowest BCUT2D eigenvalue weighted by Gasteiger charge is -2.25. The third-order valence-corrected chi connectivity index (χ3v) is 2.44. The molecule has 0 saturated carbocycles. The van der Waals surface area contributed by atoms with Crippen molar-refractivity contribution in [2.75, 3.05) is 13.2 Å². The van der Waals surface area contributed by atoms with Crippen LogP contribution >= 0.6 is 0 Å². The van der Waals surface area contributed by atoms with E-state index in [-0.39, 0.29) is 11.4 Å². The smallest absolute Gasteiger partial charge is 0.311 e. The van der Waals surface area contributed by atoms with Gasteiger partial charge in [-0.2, -0.15) is 0 Å². The molecule has 1 atom stereocenters. The lowest BCUT2D eigenvalue weighted by Crippen LogP contribution is -2.39. The molecule has 0 aliphatic carbocycles. The Morgan fingerprint density at radius 2 is 2.14 bits per heavy atom. The van der Waals surface area contributed by atoms with Crippen molar-refractivity contribution in [2.24, 2.45) is 5.41 Å². The van der Waals surface area contributed by atoms with Crippen LogP contribution in [0.5, 0.6) is 0 Å². The third-order valence-electron chi connectivity index (χ3n) is 2.44. The van der Waals surface area contributed by atoms with Crippen LogP contribution in [-0.2, 0) is 9.53 Å². The predicted molar refractivity (Wildman–Crippen MR) is 56.1 cm³/mol. The summed E-state index contributed by atoms with van der Waals surface area (Å²) in [6, 6.07) is 0.370. The van der Waals surface area contributed by atoms with Crippen LogP contribution < -0.4 is 5.32 Å². The number of hydrogen-bond acceptors (Lipinski definition) is 3. The van der Waals surface area contributed by atoms with Crippen molar-refractivity contribution in [2.45, 2.75) is 46.1 Å². The normalized spacial score (nSPS) is 23.2. The number of hydrogen-bond donors (Lipinski definition) is 1. The van der Waals surface area contributed by atoms with Crippen molar-refractivity contribution in [3.8, 4) is 0 Å². The Labute approximate surface area is 86.2 Å². The van der Waals surface area contributed by atoms with Crippen LogP contribution in [0.3, 0.4) is 0 Å². The average Bonchev–Trinajstić information content (AvgIpc) is 2.14. The summed E-state index contributed by atoms with van der Waals surface area (Å²) < 4.78 is 5.24. The van der Waals surface area contributed by atoms with Crippen LogP contribution in [0.15, 0.2) is 0 Å². The Hall–Kier alpha value is -0.570. The van der Waals surface area contributed by atoms with Crippen LogP contribution in [0, 0.1) is 5.41 Å². The molecule has 1 aliphatic heterocycles. The van der Waals surface area contributed by atoms with Crippen molar-refractivity contribution in [3.63, 3.8) is 0 Å². The largest absolute Gasteiger partial charge is 0.464 e. The summed E-state index contributed by atoms with van der Waals surface area (Å²) in [6.07, 6.45) is 3.60. The summed E-state index contributed by atoms with van der Waals surface area (Å²) >= 11 is 0. The second-order valence-corrected chi connectivity index (χ2v) is 5.00. The molecular weight excluding hydrogens is 178 g/mol. The molecule has 0 bridgehead atoms. The molecule has 82 valence electrons. The average molecular weight is 199 g/mol. The first-order chi connectivity index (χ1) is 6.50. The molecule has 0 aromatic heterocycles. The Kier molecular flexibility index (Phi) is 3.93. The van der Waals surface area contributed by atoms with Gasteiger partial charge < -0.3 is 10.1 Å². The topological polar surface area (TPSA) is 38.3 Å². The molecule has 1 saturated heterocycles. The minimum Gasteiger partial charge on any atom is -0.464 e. The van der Waals surface area contributed by atoms with Crippen molar-refractivity contribution in [1.82, 2.24) is 5.32 Å². The molecule has 1 aliphatic rings. The van der Waals surface area contributed by atoms with Gasteiger partial charge in [0.15, 0.2) is 0 Å². The van der Waals surface area contributed by atoms with Gasteiger partial charge in [-0.1, -0.05) is 6.42 Å². The van der Waals surface area contributed by atoms with E-state index in [9.17, 15) is 4.79 Å². The Balaban J connectivity index is 2.22. The summed E-state index contributed by atoms with van der Waals surface area (Å²) in [5, 5.41) is 3.35. The van der Waals surface area contributed by atoms with E-state index in [1.807, 2.05) is 20.8 Å². The number of rotatable bonds is 2. The van der Waals surface area contributed by atoms with Gasteiger partial charge in [0, 0.05) is 6.04 Å². The monoisotopic (exact) mass is 199 g/mol. The molecule has 1 rings (SSSR count). The first kappa shape index (κ1) is 11.5. The zero-order valence-electron chi connectivity index (χ0n) is 9.43. The Bertz CT molecular complexity index is 190. The maximum atomic E-state index is 11.5. The van der Waals surface area contributed by atoms with Gasteiger partial charge >= 0.3 is 5.97 Å². The van der Waals surface area contributed by atoms with Gasteiger partial charge in [-0.25, -0.2) is 0 Å². The molecule has 1 fully saturated rings. The highest BCUT2D eigenvalue weighted by Crippen LogP contribution is 2.16. The zero-order chi connectivity index (χ0) is 10.6. The molecular formula is C11H21NO2. The van der Waals surface area contributed by atoms with Gasteiger partial charge in [0.25, 0.3) is 0 Å². The molecule has 0 aromatic carbocycles. The first-order valence-electron chi connectivity index (χ1n) is 5.41. The fourth-order valence-corrected chi connectivity index (χ4v) is 1.46. The van der Waals surface area contributed by atoms with E-state index >= 15 is 0 Å². The number of piperidine rings is 1. The lowest BCUT2D eigenvalue weighted by molar-refractivity contribution is -0.153. The van der Waals surface area contributed by atoms with Crippen molar-refractivity contribution < 1.29 is 9.53 Å². The molecule has 0 amide bonds. The first-order valence-corrected chi connectivity index (χ1v) is 5.41. The number of carbonyl (C=O) groups is 1. The summed E-state index contributed by atoms with van der Waals surface area (Å²) in [5.41, 5.74) is -0.380. The van der Waals surface area contributed by atoms with Crippen LogP contribution in [0.4, 0.5) is 0 Å². The second-order valence-electron chi connectivity index (χ2n) is 5.00. The molecule has 3 heteroatoms. The van der Waals surface area contributed by atoms with Gasteiger partial charge in [-0.05, 0) is 40.2 Å². The fraction of sp³-hybridized carbons (Fsp3) is 0.909. The van der Waals surface area contributed by atoms with Gasteiger partial charge in [-0.3, -0.25) is 4.79 Å². The summed E-state index contributed by atoms with van der Waals surface area (Å²) in [5.74, 6) is -0.107. The maximum absolute atomic E-state index is 11.5. The molecule has 14 heavy (non-hydrogen) atoms. The van der Waals surface area contributed by atoms with Crippen molar-refractivity contribution >= 4 is 5.97 Å². The van der Waals surface area contributed by atoms with Gasteiger partial charge in [0.2, 0.25) is 0 Å². The zero-order valence-corrected chi connectivity index (χ0v) is 9.43. The molecule has 0 spiro atoms. The standard InChI is InChI=1S/C11H21NO2/c1-11(2,3)10(13)14-8-9-6-4-5-7-12-9/h9,12H,4-8H2,1-3H3/t9-/m1/s1. The number of nitrogens with one attached hydrogen (secondary N) is 1. The van der Waals surface area contributed by atoms with Gasteiger partial charge in [-0.15, -0.1) is 0 Å². The van der Waals surface area contributed by atoms with E-state index < -0.39 is 0 Å². The quantitative estimate of drug-likeness (QED) is 0.688. The molecule has 0 radical (unpaired) electrons. The Morgan fingerprint density at radius 3 is 2.64 bits per heavy atom. The SMILES string of the molecule is CC(C)(C)C(=O)OC[C@H]1CCCCN1. The molecule has 0 unspecified atom stereocenters. The van der Waals surface area contributed by atoms with E-state index in [1.165, 1.54) is 12.8 Å². The summed E-state index contributed by atoms with van der Waals surface area (Å²) in [4.78, 5) is 11.5. The number of esters is 1. The molecule has 1 N–H and O–H groups in total. The van der Waals surface area contributed by atoms with Gasteiger partial charge in [0.05, 0.1) is 5.41 Å². The van der Waals surface area contributed by atoms with E-state index in [0.29, 0.717) is 12.6 Å². The highest BCUT2D eigenvalue weighted by atomic mass is 16.5. The molecule has 0 aromatic rings. The van der Waals surface area contributed by atoms with Crippen molar-refractivity contribution in [1.29, 1.82) is 0 Å². The van der Waals surface area contributed by atoms with E-state index in [4.69, 9.17) is 4.74 Å². The van der Waals surface area contributed by atoms with Crippen LogP contribution in [-0.4, -0.2) is 25.2 Å². The highest BCUT2D eigenvalue weighted by Gasteiger charge is 2.24. The van der Waals surface area contributed by atoms with E-state index in [0.717, 1.165) is 13.0 Å². The minimum absolute atomic E-state index is 0.107. The fourth-order valence-electron chi connectivity index (χ4n) is 1.46. The minimum atomic E-state index is -0.380.